The van der Waals surface area contributed by atoms with Crippen molar-refractivity contribution in [2.45, 2.75) is 64.2 Å². The van der Waals surface area contributed by atoms with Crippen LogP contribution in [0.25, 0.3) is 0 Å². The number of carbonyl (C=O) groups is 2. The molecule has 0 bridgehead atoms. The normalized spacial score (nSPS) is 22.9. The Balaban J connectivity index is 1.88. The quantitative estimate of drug-likeness (QED) is 0.826. The Morgan fingerprint density at radius 1 is 1.41 bits per heavy atom. The highest BCUT2D eigenvalue weighted by Gasteiger charge is 2.38. The lowest BCUT2D eigenvalue weighted by atomic mass is 9.91. The van der Waals surface area contributed by atoms with Gasteiger partial charge < -0.3 is 19.5 Å². The summed E-state index contributed by atoms with van der Waals surface area (Å²) in [5.41, 5.74) is 2.22. The second-order valence-electron chi connectivity index (χ2n) is 8.41. The molecule has 0 aromatic heterocycles. The fourth-order valence-corrected chi connectivity index (χ4v) is 4.10. The second-order valence-corrected chi connectivity index (χ2v) is 8.41. The predicted molar refractivity (Wildman–Crippen MR) is 99.0 cm³/mol. The summed E-state index contributed by atoms with van der Waals surface area (Å²) in [6.45, 7) is 5.95. The largest absolute Gasteiger partial charge is 0.444 e. The molecule has 0 spiro atoms. The number of nitrogens with zero attached hydrogens (tertiary/aromatic N) is 2. The van der Waals surface area contributed by atoms with Crippen molar-refractivity contribution in [2.24, 2.45) is 5.92 Å². The third-order valence-corrected chi connectivity index (χ3v) is 5.31. The number of nitriles is 1. The minimum Gasteiger partial charge on any atom is -0.444 e. The molecule has 1 aliphatic carbocycles. The molecule has 6 nitrogen and oxygen atoms in total. The van der Waals surface area contributed by atoms with E-state index in [2.05, 4.69) is 6.07 Å². The predicted octanol–water partition coefficient (Wildman–Crippen LogP) is 2.90. The SMILES string of the molecule is CC(C)(C)OC(=O)N1CCCC1C(O)c1ccc2c(c1C#N)CC(C=O)C2. The minimum atomic E-state index is -0.963. The third-order valence-electron chi connectivity index (χ3n) is 5.31. The molecule has 3 rings (SSSR count). The van der Waals surface area contributed by atoms with Gasteiger partial charge in [-0.15, -0.1) is 0 Å². The molecule has 1 N–H and O–H groups in total. The maximum absolute atomic E-state index is 12.5. The number of hydrogen-bond acceptors (Lipinski definition) is 5. The monoisotopic (exact) mass is 370 g/mol. The molecule has 1 aromatic carbocycles. The van der Waals surface area contributed by atoms with Gasteiger partial charge >= 0.3 is 6.09 Å². The topological polar surface area (TPSA) is 90.6 Å². The van der Waals surface area contributed by atoms with Crippen LogP contribution in [0.5, 0.6) is 0 Å². The number of aliphatic hydroxyl groups excluding tert-OH is 1. The molecule has 144 valence electrons. The first-order chi connectivity index (χ1) is 12.7. The van der Waals surface area contributed by atoms with Crippen molar-refractivity contribution in [3.63, 3.8) is 0 Å². The number of carbonyl (C=O) groups excluding carboxylic acids is 2. The van der Waals surface area contributed by atoms with Crippen molar-refractivity contribution >= 4 is 12.4 Å². The molecular formula is C21H26N2O4. The van der Waals surface area contributed by atoms with Crippen LogP contribution in [0.3, 0.4) is 0 Å². The number of fused-ring (bicyclic) bond motifs is 1. The Bertz CT molecular complexity index is 791. The van der Waals surface area contributed by atoms with Crippen LogP contribution >= 0.6 is 0 Å². The fraction of sp³-hybridized carbons (Fsp3) is 0.571. The van der Waals surface area contributed by atoms with E-state index in [9.17, 15) is 20.0 Å². The summed E-state index contributed by atoms with van der Waals surface area (Å²) in [4.78, 5) is 25.2. The lowest BCUT2D eigenvalue weighted by molar-refractivity contribution is -0.110. The van der Waals surface area contributed by atoms with E-state index in [1.54, 1.807) is 11.0 Å². The Morgan fingerprint density at radius 2 is 2.15 bits per heavy atom. The summed E-state index contributed by atoms with van der Waals surface area (Å²) in [5, 5.41) is 20.7. The fourth-order valence-electron chi connectivity index (χ4n) is 4.10. The molecule has 0 saturated carbocycles. The van der Waals surface area contributed by atoms with Crippen LogP contribution in [-0.4, -0.2) is 40.6 Å². The Labute approximate surface area is 159 Å². The van der Waals surface area contributed by atoms with Crippen molar-refractivity contribution in [1.82, 2.24) is 4.90 Å². The smallest absolute Gasteiger partial charge is 0.410 e. The van der Waals surface area contributed by atoms with Gasteiger partial charge in [-0.2, -0.15) is 5.26 Å². The third kappa shape index (κ3) is 3.84. The molecule has 1 aromatic rings. The number of benzene rings is 1. The molecule has 27 heavy (non-hydrogen) atoms. The first-order valence-corrected chi connectivity index (χ1v) is 9.43. The number of aldehydes is 1. The van der Waals surface area contributed by atoms with Gasteiger partial charge in [-0.05, 0) is 57.6 Å². The Hall–Kier alpha value is -2.39. The standard InChI is InChI=1S/C21H26N2O4/c1-21(2,3)27-20(26)23-8-4-5-18(23)19(25)15-7-6-14-9-13(12-24)10-16(14)17(15)11-22/h6-7,12-13,18-19,25H,4-5,8-10H2,1-3H3. The van der Waals surface area contributed by atoms with Crippen molar-refractivity contribution in [3.8, 4) is 6.07 Å². The average molecular weight is 370 g/mol. The van der Waals surface area contributed by atoms with Crippen LogP contribution in [-0.2, 0) is 22.4 Å². The van der Waals surface area contributed by atoms with Gasteiger partial charge in [0.15, 0.2) is 0 Å². The molecule has 3 atom stereocenters. The van der Waals surface area contributed by atoms with E-state index >= 15 is 0 Å². The molecule has 1 saturated heterocycles. The molecule has 1 aliphatic heterocycles. The van der Waals surface area contributed by atoms with Gasteiger partial charge in [-0.1, -0.05) is 12.1 Å². The van der Waals surface area contributed by atoms with Crippen molar-refractivity contribution in [1.29, 1.82) is 5.26 Å². The molecule has 1 fully saturated rings. The van der Waals surface area contributed by atoms with Gasteiger partial charge in [0.25, 0.3) is 0 Å². The molecule has 6 heteroatoms. The highest BCUT2D eigenvalue weighted by atomic mass is 16.6. The van der Waals surface area contributed by atoms with Crippen LogP contribution < -0.4 is 0 Å². The Morgan fingerprint density at radius 3 is 2.78 bits per heavy atom. The van der Waals surface area contributed by atoms with Gasteiger partial charge in [0.05, 0.1) is 17.7 Å². The van der Waals surface area contributed by atoms with Gasteiger partial charge in [-0.3, -0.25) is 0 Å². The highest BCUT2D eigenvalue weighted by Crippen LogP contribution is 2.36. The first-order valence-electron chi connectivity index (χ1n) is 9.43. The van der Waals surface area contributed by atoms with E-state index in [0.717, 1.165) is 23.8 Å². The average Bonchev–Trinajstić information content (AvgIpc) is 3.25. The molecule has 3 unspecified atom stereocenters. The molecule has 1 heterocycles. The van der Waals surface area contributed by atoms with E-state index < -0.39 is 23.8 Å². The van der Waals surface area contributed by atoms with E-state index in [-0.39, 0.29) is 5.92 Å². The summed E-state index contributed by atoms with van der Waals surface area (Å²) in [6.07, 6.45) is 2.12. The zero-order chi connectivity index (χ0) is 19.8. The maximum Gasteiger partial charge on any atom is 0.410 e. The molecule has 1 amide bonds. The van der Waals surface area contributed by atoms with Crippen LogP contribution in [0.15, 0.2) is 12.1 Å². The van der Waals surface area contributed by atoms with Crippen LogP contribution in [0.4, 0.5) is 4.79 Å². The number of aliphatic hydroxyl groups is 1. The second kappa shape index (κ2) is 7.32. The summed E-state index contributed by atoms with van der Waals surface area (Å²) in [7, 11) is 0. The highest BCUT2D eigenvalue weighted by molar-refractivity contribution is 5.69. The van der Waals surface area contributed by atoms with Crippen molar-refractivity contribution in [2.75, 3.05) is 6.54 Å². The van der Waals surface area contributed by atoms with Crippen LogP contribution in [0.1, 0.15) is 62.0 Å². The number of amides is 1. The summed E-state index contributed by atoms with van der Waals surface area (Å²) in [6, 6.07) is 5.45. The van der Waals surface area contributed by atoms with Crippen molar-refractivity contribution in [3.05, 3.63) is 34.4 Å². The molecule has 2 aliphatic rings. The Kier molecular flexibility index (Phi) is 5.25. The first kappa shape index (κ1) is 19.4. The van der Waals surface area contributed by atoms with Gasteiger partial charge in [0.1, 0.15) is 18.0 Å². The lowest BCUT2D eigenvalue weighted by Crippen LogP contribution is -2.42. The van der Waals surface area contributed by atoms with Gasteiger partial charge in [0.2, 0.25) is 0 Å². The van der Waals surface area contributed by atoms with Crippen LogP contribution in [0, 0.1) is 17.2 Å². The summed E-state index contributed by atoms with van der Waals surface area (Å²) >= 11 is 0. The molecule has 0 radical (unpaired) electrons. The maximum atomic E-state index is 12.5. The van der Waals surface area contributed by atoms with Crippen LogP contribution in [0.2, 0.25) is 0 Å². The van der Waals surface area contributed by atoms with E-state index in [0.29, 0.717) is 36.9 Å². The van der Waals surface area contributed by atoms with Crippen molar-refractivity contribution < 1.29 is 19.4 Å². The van der Waals surface area contributed by atoms with Gasteiger partial charge in [-0.25, -0.2) is 4.79 Å². The van der Waals surface area contributed by atoms with E-state index in [1.807, 2.05) is 26.8 Å². The summed E-state index contributed by atoms with van der Waals surface area (Å²) < 4.78 is 5.47. The lowest BCUT2D eigenvalue weighted by Gasteiger charge is -2.31. The molecular weight excluding hydrogens is 344 g/mol. The van der Waals surface area contributed by atoms with E-state index in [4.69, 9.17) is 4.74 Å². The summed E-state index contributed by atoms with van der Waals surface area (Å²) in [5.74, 6) is -0.107. The zero-order valence-electron chi connectivity index (χ0n) is 16.1. The van der Waals surface area contributed by atoms with Gasteiger partial charge in [0, 0.05) is 18.0 Å². The number of rotatable bonds is 3. The zero-order valence-corrected chi connectivity index (χ0v) is 16.1. The number of likely N-dealkylation sites (tertiary alicyclic amines) is 1. The number of hydrogen-bond donors (Lipinski definition) is 1. The van der Waals surface area contributed by atoms with E-state index in [1.165, 1.54) is 0 Å². The minimum absolute atomic E-state index is 0.107. The number of ether oxygens (including phenoxy) is 1.